The van der Waals surface area contributed by atoms with E-state index in [1.807, 2.05) is 26.0 Å². The van der Waals surface area contributed by atoms with Crippen molar-refractivity contribution in [2.75, 3.05) is 10.8 Å². The van der Waals surface area contributed by atoms with E-state index in [1.54, 1.807) is 55.5 Å². The summed E-state index contributed by atoms with van der Waals surface area (Å²) in [7, 11) is -4.10. The van der Waals surface area contributed by atoms with Gasteiger partial charge in [-0.3, -0.25) is 13.9 Å². The Labute approximate surface area is 242 Å². The van der Waals surface area contributed by atoms with Crippen LogP contribution < -0.4 is 9.62 Å². The third-order valence-electron chi connectivity index (χ3n) is 7.38. The Balaban J connectivity index is 1.70. The van der Waals surface area contributed by atoms with E-state index in [2.05, 4.69) is 5.32 Å². The summed E-state index contributed by atoms with van der Waals surface area (Å²) in [5.74, 6) is -0.733. The minimum atomic E-state index is -4.10. The van der Waals surface area contributed by atoms with Gasteiger partial charge in [-0.1, -0.05) is 66.9 Å². The first-order valence-electron chi connectivity index (χ1n) is 13.6. The maximum atomic E-state index is 14.1. The van der Waals surface area contributed by atoms with Gasteiger partial charge in [-0.2, -0.15) is 0 Å². The molecule has 3 aromatic rings. The van der Waals surface area contributed by atoms with E-state index >= 15 is 0 Å². The van der Waals surface area contributed by atoms with Crippen molar-refractivity contribution in [2.24, 2.45) is 0 Å². The molecular weight excluding hydrogens is 546 g/mol. The number of hydrogen-bond donors (Lipinski definition) is 1. The molecule has 1 saturated carbocycles. The Morgan fingerprint density at radius 1 is 0.975 bits per heavy atom. The maximum Gasteiger partial charge on any atom is 0.264 e. The molecule has 9 heteroatoms. The highest BCUT2D eigenvalue weighted by Gasteiger charge is 2.33. The number of sulfonamides is 1. The van der Waals surface area contributed by atoms with Crippen molar-refractivity contribution in [1.29, 1.82) is 0 Å². The van der Waals surface area contributed by atoms with Crippen LogP contribution in [0.5, 0.6) is 0 Å². The third kappa shape index (κ3) is 7.04. The number of amides is 2. The van der Waals surface area contributed by atoms with E-state index in [0.29, 0.717) is 16.3 Å². The number of nitrogens with one attached hydrogen (secondary N) is 1. The molecule has 1 fully saturated rings. The SMILES string of the molecule is Cc1ccc(C)c(N(CC(=O)N(Cc2ccc(Cl)cc2)C(C)C(=O)NC2CCCC2)S(=O)(=O)c2ccccc2)c1. The van der Waals surface area contributed by atoms with Crippen molar-refractivity contribution in [3.05, 3.63) is 94.5 Å². The lowest BCUT2D eigenvalue weighted by molar-refractivity contribution is -0.139. The largest absolute Gasteiger partial charge is 0.352 e. The molecule has 40 heavy (non-hydrogen) atoms. The Hall–Kier alpha value is -3.36. The van der Waals surface area contributed by atoms with Gasteiger partial charge in [0, 0.05) is 17.6 Å². The summed E-state index contributed by atoms with van der Waals surface area (Å²) in [5.41, 5.74) is 2.78. The molecule has 0 bridgehead atoms. The van der Waals surface area contributed by atoms with Crippen LogP contribution in [0.1, 0.15) is 49.3 Å². The number of nitrogens with zero attached hydrogens (tertiary/aromatic N) is 2. The summed E-state index contributed by atoms with van der Waals surface area (Å²) >= 11 is 6.07. The Bertz CT molecular complexity index is 1440. The van der Waals surface area contributed by atoms with Crippen LogP contribution in [0.25, 0.3) is 0 Å². The quantitative estimate of drug-likeness (QED) is 0.336. The summed E-state index contributed by atoms with van der Waals surface area (Å²) < 4.78 is 29.0. The van der Waals surface area contributed by atoms with Crippen molar-refractivity contribution in [2.45, 2.75) is 70.0 Å². The molecule has 3 aromatic carbocycles. The molecule has 1 N–H and O–H groups in total. The van der Waals surface area contributed by atoms with Crippen molar-refractivity contribution < 1.29 is 18.0 Å². The standard InChI is InChI=1S/C31H36ClN3O4S/c1-22-13-14-23(2)29(19-22)35(40(38,39)28-11-5-4-6-12-28)21-30(36)34(20-25-15-17-26(32)18-16-25)24(3)31(37)33-27-9-7-8-10-27/h4-6,11-19,24,27H,7-10,20-21H2,1-3H3,(H,33,37). The number of halogens is 1. The van der Waals surface area contributed by atoms with Crippen LogP contribution in [0.2, 0.25) is 5.02 Å². The zero-order valence-electron chi connectivity index (χ0n) is 23.1. The van der Waals surface area contributed by atoms with Gasteiger partial charge in [-0.05, 0) is 80.6 Å². The van der Waals surface area contributed by atoms with Gasteiger partial charge in [-0.15, -0.1) is 0 Å². The van der Waals surface area contributed by atoms with Gasteiger partial charge in [0.15, 0.2) is 0 Å². The van der Waals surface area contributed by atoms with E-state index in [-0.39, 0.29) is 23.4 Å². The molecule has 1 unspecified atom stereocenters. The Morgan fingerprint density at radius 3 is 2.27 bits per heavy atom. The fraction of sp³-hybridized carbons (Fsp3) is 0.355. The van der Waals surface area contributed by atoms with E-state index < -0.39 is 28.5 Å². The van der Waals surface area contributed by atoms with Gasteiger partial charge in [0.2, 0.25) is 11.8 Å². The summed E-state index contributed by atoms with van der Waals surface area (Å²) in [4.78, 5) is 28.9. The first-order valence-corrected chi connectivity index (χ1v) is 15.4. The number of rotatable bonds is 10. The fourth-order valence-corrected chi connectivity index (χ4v) is 6.60. The molecule has 212 valence electrons. The molecule has 0 saturated heterocycles. The van der Waals surface area contributed by atoms with E-state index in [9.17, 15) is 18.0 Å². The molecule has 4 rings (SSSR count). The number of hydrogen-bond acceptors (Lipinski definition) is 4. The Morgan fingerprint density at radius 2 is 1.62 bits per heavy atom. The van der Waals surface area contributed by atoms with E-state index in [1.165, 1.54) is 17.0 Å². The highest BCUT2D eigenvalue weighted by Crippen LogP contribution is 2.28. The summed E-state index contributed by atoms with van der Waals surface area (Å²) in [6.45, 7) is 5.04. The second-order valence-corrected chi connectivity index (χ2v) is 12.7. The topological polar surface area (TPSA) is 86.8 Å². The molecule has 1 aliphatic rings. The molecule has 0 aliphatic heterocycles. The van der Waals surface area contributed by atoms with E-state index in [0.717, 1.165) is 41.1 Å². The lowest BCUT2D eigenvalue weighted by Gasteiger charge is -2.33. The van der Waals surface area contributed by atoms with Crippen molar-refractivity contribution in [3.8, 4) is 0 Å². The summed E-state index contributed by atoms with van der Waals surface area (Å²) in [5, 5.41) is 3.64. The predicted molar refractivity (Wildman–Crippen MR) is 159 cm³/mol. The first-order chi connectivity index (χ1) is 19.1. The number of anilines is 1. The smallest absolute Gasteiger partial charge is 0.264 e. The molecule has 0 aromatic heterocycles. The molecule has 2 amide bonds. The minimum Gasteiger partial charge on any atom is -0.352 e. The van der Waals surface area contributed by atoms with Gasteiger partial charge in [0.25, 0.3) is 10.0 Å². The minimum absolute atomic E-state index is 0.0833. The van der Waals surface area contributed by atoms with Crippen LogP contribution in [-0.4, -0.2) is 43.8 Å². The Kier molecular flexibility index (Phi) is 9.53. The van der Waals surface area contributed by atoms with Crippen LogP contribution in [-0.2, 0) is 26.2 Å². The van der Waals surface area contributed by atoms with Crippen LogP contribution in [0, 0.1) is 13.8 Å². The monoisotopic (exact) mass is 581 g/mol. The number of carbonyl (C=O) groups excluding carboxylic acids is 2. The number of aryl methyl sites for hydroxylation is 2. The average molecular weight is 582 g/mol. The lowest BCUT2D eigenvalue weighted by atomic mass is 10.1. The van der Waals surface area contributed by atoms with Crippen molar-refractivity contribution >= 4 is 39.1 Å². The highest BCUT2D eigenvalue weighted by molar-refractivity contribution is 7.92. The lowest BCUT2D eigenvalue weighted by Crippen LogP contribution is -2.52. The first kappa shape index (κ1) is 29.6. The maximum absolute atomic E-state index is 14.1. The predicted octanol–water partition coefficient (Wildman–Crippen LogP) is 5.63. The molecular formula is C31H36ClN3O4S. The fourth-order valence-electron chi connectivity index (χ4n) is 4.98. The molecule has 0 spiro atoms. The van der Waals surface area contributed by atoms with Crippen LogP contribution in [0.4, 0.5) is 5.69 Å². The molecule has 7 nitrogen and oxygen atoms in total. The van der Waals surface area contributed by atoms with Gasteiger partial charge in [0.05, 0.1) is 10.6 Å². The zero-order valence-corrected chi connectivity index (χ0v) is 24.7. The second-order valence-electron chi connectivity index (χ2n) is 10.4. The average Bonchev–Trinajstić information content (AvgIpc) is 3.45. The van der Waals surface area contributed by atoms with Gasteiger partial charge >= 0.3 is 0 Å². The second kappa shape index (κ2) is 12.9. The molecule has 0 radical (unpaired) electrons. The molecule has 0 heterocycles. The molecule has 1 aliphatic carbocycles. The summed E-state index contributed by atoms with van der Waals surface area (Å²) in [6, 6.07) is 19.9. The van der Waals surface area contributed by atoms with Crippen LogP contribution in [0.3, 0.4) is 0 Å². The summed E-state index contributed by atoms with van der Waals surface area (Å²) in [6.07, 6.45) is 3.96. The van der Waals surface area contributed by atoms with Gasteiger partial charge in [-0.25, -0.2) is 8.42 Å². The third-order valence-corrected chi connectivity index (χ3v) is 9.40. The molecule has 1 atom stereocenters. The van der Waals surface area contributed by atoms with E-state index in [4.69, 9.17) is 11.6 Å². The van der Waals surface area contributed by atoms with Gasteiger partial charge in [0.1, 0.15) is 12.6 Å². The highest BCUT2D eigenvalue weighted by atomic mass is 35.5. The van der Waals surface area contributed by atoms with Gasteiger partial charge < -0.3 is 10.2 Å². The van der Waals surface area contributed by atoms with Crippen LogP contribution >= 0.6 is 11.6 Å². The number of carbonyl (C=O) groups is 2. The number of benzene rings is 3. The normalized spacial score (nSPS) is 14.5. The van der Waals surface area contributed by atoms with Crippen LogP contribution in [0.15, 0.2) is 77.7 Å². The van der Waals surface area contributed by atoms with Crippen molar-refractivity contribution in [1.82, 2.24) is 10.2 Å². The zero-order chi connectivity index (χ0) is 28.9. The van der Waals surface area contributed by atoms with Crippen molar-refractivity contribution in [3.63, 3.8) is 0 Å².